The van der Waals surface area contributed by atoms with Crippen LogP contribution in [0.25, 0.3) is 10.9 Å². The van der Waals surface area contributed by atoms with E-state index in [9.17, 15) is 0 Å². The first-order chi connectivity index (χ1) is 9.22. The molecule has 0 radical (unpaired) electrons. The number of hydrogen-bond donors (Lipinski definition) is 1. The molecule has 2 rings (SSSR count). The van der Waals surface area contributed by atoms with Crippen LogP contribution in [0.3, 0.4) is 0 Å². The topological polar surface area (TPSA) is 24.9 Å². The van der Waals surface area contributed by atoms with E-state index in [1.807, 2.05) is 12.3 Å². The van der Waals surface area contributed by atoms with Crippen molar-refractivity contribution in [3.05, 3.63) is 54.2 Å². The monoisotopic (exact) mass is 254 g/mol. The lowest BCUT2D eigenvalue weighted by Crippen LogP contribution is -2.21. The van der Waals surface area contributed by atoms with E-state index < -0.39 is 0 Å². The standard InChI is InChI=1S/C17H22N2/c1-4-18-17(11-10-13(2)3)14-7-5-9-16-15(14)8-6-12-19-16/h5-9,12,17-18H,2,4,10-11H2,1,3H3. The molecule has 1 heterocycles. The molecule has 0 aliphatic carbocycles. The Morgan fingerprint density at radius 1 is 1.32 bits per heavy atom. The third-order valence-corrected chi connectivity index (χ3v) is 3.37. The first-order valence-electron chi connectivity index (χ1n) is 6.93. The van der Waals surface area contributed by atoms with E-state index in [4.69, 9.17) is 0 Å². The lowest BCUT2D eigenvalue weighted by molar-refractivity contribution is 0.518. The van der Waals surface area contributed by atoms with Gasteiger partial charge in [-0.2, -0.15) is 0 Å². The van der Waals surface area contributed by atoms with Gasteiger partial charge in [0, 0.05) is 17.6 Å². The SMILES string of the molecule is C=C(C)CCC(NCC)c1cccc2ncccc12. The van der Waals surface area contributed by atoms with Crippen LogP contribution in [0.5, 0.6) is 0 Å². The number of benzene rings is 1. The Kier molecular flexibility index (Phi) is 4.69. The zero-order valence-corrected chi connectivity index (χ0v) is 11.8. The van der Waals surface area contributed by atoms with Crippen LogP contribution < -0.4 is 5.32 Å². The summed E-state index contributed by atoms with van der Waals surface area (Å²) in [5.41, 5.74) is 3.65. The average molecular weight is 254 g/mol. The highest BCUT2D eigenvalue weighted by molar-refractivity contribution is 5.82. The largest absolute Gasteiger partial charge is 0.310 e. The molecule has 0 spiro atoms. The molecule has 2 nitrogen and oxygen atoms in total. The van der Waals surface area contributed by atoms with Gasteiger partial charge in [-0.1, -0.05) is 30.7 Å². The number of rotatable bonds is 6. The summed E-state index contributed by atoms with van der Waals surface area (Å²) in [6, 6.07) is 10.9. The molecule has 1 unspecified atom stereocenters. The number of allylic oxidation sites excluding steroid dienone is 1. The third-order valence-electron chi connectivity index (χ3n) is 3.37. The Morgan fingerprint density at radius 3 is 2.89 bits per heavy atom. The molecule has 0 aliphatic heterocycles. The van der Waals surface area contributed by atoms with Crippen LogP contribution in [-0.2, 0) is 0 Å². The van der Waals surface area contributed by atoms with Crippen molar-refractivity contribution in [1.82, 2.24) is 10.3 Å². The summed E-state index contributed by atoms with van der Waals surface area (Å²) in [6.45, 7) is 9.21. The first kappa shape index (κ1) is 13.8. The van der Waals surface area contributed by atoms with Crippen molar-refractivity contribution in [2.24, 2.45) is 0 Å². The molecule has 19 heavy (non-hydrogen) atoms. The van der Waals surface area contributed by atoms with Crippen LogP contribution >= 0.6 is 0 Å². The van der Waals surface area contributed by atoms with E-state index in [2.05, 4.69) is 55.0 Å². The summed E-state index contributed by atoms with van der Waals surface area (Å²) in [7, 11) is 0. The smallest absolute Gasteiger partial charge is 0.0705 e. The van der Waals surface area contributed by atoms with Crippen LogP contribution in [0.2, 0.25) is 0 Å². The maximum Gasteiger partial charge on any atom is 0.0705 e. The number of nitrogens with one attached hydrogen (secondary N) is 1. The summed E-state index contributed by atoms with van der Waals surface area (Å²) in [5, 5.41) is 4.83. The summed E-state index contributed by atoms with van der Waals surface area (Å²) < 4.78 is 0. The molecule has 0 saturated heterocycles. The fourth-order valence-electron chi connectivity index (χ4n) is 2.44. The number of fused-ring (bicyclic) bond motifs is 1. The van der Waals surface area contributed by atoms with Crippen molar-refractivity contribution in [3.63, 3.8) is 0 Å². The van der Waals surface area contributed by atoms with Gasteiger partial charge >= 0.3 is 0 Å². The zero-order valence-electron chi connectivity index (χ0n) is 11.8. The van der Waals surface area contributed by atoms with Gasteiger partial charge in [-0.3, -0.25) is 4.98 Å². The fourth-order valence-corrected chi connectivity index (χ4v) is 2.44. The molecule has 1 atom stereocenters. The van der Waals surface area contributed by atoms with Gasteiger partial charge in [0.05, 0.1) is 5.52 Å². The van der Waals surface area contributed by atoms with Crippen molar-refractivity contribution in [2.45, 2.75) is 32.7 Å². The molecule has 0 aliphatic rings. The molecule has 1 aromatic carbocycles. The van der Waals surface area contributed by atoms with Gasteiger partial charge in [0.25, 0.3) is 0 Å². The Morgan fingerprint density at radius 2 is 2.16 bits per heavy atom. The number of hydrogen-bond acceptors (Lipinski definition) is 2. The molecule has 0 saturated carbocycles. The molecule has 0 bridgehead atoms. The third kappa shape index (κ3) is 3.42. The van der Waals surface area contributed by atoms with Crippen molar-refractivity contribution in [1.29, 1.82) is 0 Å². The van der Waals surface area contributed by atoms with Crippen LogP contribution in [-0.4, -0.2) is 11.5 Å². The molecule has 100 valence electrons. The minimum Gasteiger partial charge on any atom is -0.310 e. The van der Waals surface area contributed by atoms with Crippen molar-refractivity contribution in [2.75, 3.05) is 6.54 Å². The lowest BCUT2D eigenvalue weighted by atomic mass is 9.96. The minimum absolute atomic E-state index is 0.370. The quantitative estimate of drug-likeness (QED) is 0.780. The Bertz CT molecular complexity index is 555. The van der Waals surface area contributed by atoms with E-state index in [0.717, 1.165) is 24.9 Å². The van der Waals surface area contributed by atoms with Crippen molar-refractivity contribution in [3.8, 4) is 0 Å². The molecule has 0 amide bonds. The van der Waals surface area contributed by atoms with Crippen molar-refractivity contribution >= 4 is 10.9 Å². The van der Waals surface area contributed by atoms with E-state index in [1.54, 1.807) is 0 Å². The second kappa shape index (κ2) is 6.48. The summed E-state index contributed by atoms with van der Waals surface area (Å²) in [6.07, 6.45) is 3.98. The van der Waals surface area contributed by atoms with Gasteiger partial charge in [0.1, 0.15) is 0 Å². The highest BCUT2D eigenvalue weighted by Crippen LogP contribution is 2.26. The lowest BCUT2D eigenvalue weighted by Gasteiger charge is -2.20. The maximum atomic E-state index is 4.43. The Hall–Kier alpha value is -1.67. The predicted molar refractivity (Wildman–Crippen MR) is 82.2 cm³/mol. The zero-order chi connectivity index (χ0) is 13.7. The van der Waals surface area contributed by atoms with Gasteiger partial charge in [-0.25, -0.2) is 0 Å². The van der Waals surface area contributed by atoms with Crippen LogP contribution in [0.4, 0.5) is 0 Å². The van der Waals surface area contributed by atoms with Crippen LogP contribution in [0.1, 0.15) is 38.3 Å². The number of pyridine rings is 1. The van der Waals surface area contributed by atoms with E-state index >= 15 is 0 Å². The molecular formula is C17H22N2. The molecular weight excluding hydrogens is 232 g/mol. The predicted octanol–water partition coefficient (Wildman–Crippen LogP) is 4.24. The van der Waals surface area contributed by atoms with Crippen LogP contribution in [0.15, 0.2) is 48.7 Å². The minimum atomic E-state index is 0.370. The van der Waals surface area contributed by atoms with Gasteiger partial charge in [0.2, 0.25) is 0 Å². The van der Waals surface area contributed by atoms with E-state index in [1.165, 1.54) is 16.5 Å². The number of aromatic nitrogens is 1. The van der Waals surface area contributed by atoms with E-state index in [-0.39, 0.29) is 0 Å². The highest BCUT2D eigenvalue weighted by atomic mass is 14.9. The van der Waals surface area contributed by atoms with Crippen LogP contribution in [0, 0.1) is 0 Å². The molecule has 2 heteroatoms. The van der Waals surface area contributed by atoms with Crippen molar-refractivity contribution < 1.29 is 0 Å². The maximum absolute atomic E-state index is 4.43. The molecule has 1 N–H and O–H groups in total. The summed E-state index contributed by atoms with van der Waals surface area (Å²) in [4.78, 5) is 4.43. The molecule has 1 aromatic heterocycles. The average Bonchev–Trinajstić information content (AvgIpc) is 2.43. The highest BCUT2D eigenvalue weighted by Gasteiger charge is 2.13. The van der Waals surface area contributed by atoms with Gasteiger partial charge in [-0.05, 0) is 44.0 Å². The molecule has 0 fully saturated rings. The van der Waals surface area contributed by atoms with E-state index in [0.29, 0.717) is 6.04 Å². The summed E-state index contributed by atoms with van der Waals surface area (Å²) in [5.74, 6) is 0. The van der Waals surface area contributed by atoms with Gasteiger partial charge in [0.15, 0.2) is 0 Å². The first-order valence-corrected chi connectivity index (χ1v) is 6.93. The second-order valence-electron chi connectivity index (χ2n) is 5.02. The summed E-state index contributed by atoms with van der Waals surface area (Å²) >= 11 is 0. The Balaban J connectivity index is 2.35. The second-order valence-corrected chi connectivity index (χ2v) is 5.02. The normalized spacial score (nSPS) is 12.5. The fraction of sp³-hybridized carbons (Fsp3) is 0.353. The Labute approximate surface area is 115 Å². The number of nitrogens with zero attached hydrogens (tertiary/aromatic N) is 1. The molecule has 2 aromatic rings. The van der Waals surface area contributed by atoms with Gasteiger partial charge in [-0.15, -0.1) is 6.58 Å². The van der Waals surface area contributed by atoms with Gasteiger partial charge < -0.3 is 5.32 Å².